The summed E-state index contributed by atoms with van der Waals surface area (Å²) in [5, 5.41) is 0. The molecule has 64 valence electrons. The van der Waals surface area contributed by atoms with Gasteiger partial charge in [0, 0.05) is 11.6 Å². The van der Waals surface area contributed by atoms with Gasteiger partial charge in [-0.1, -0.05) is 0 Å². The summed E-state index contributed by atoms with van der Waals surface area (Å²) in [6.07, 6.45) is 3.44. The summed E-state index contributed by atoms with van der Waals surface area (Å²) in [7, 11) is 0. The van der Waals surface area contributed by atoms with E-state index < -0.39 is 0 Å². The molecule has 1 heterocycles. The van der Waals surface area contributed by atoms with Crippen molar-refractivity contribution >= 4 is 12.4 Å². The zero-order valence-corrected chi connectivity index (χ0v) is 6.81. The van der Waals surface area contributed by atoms with Gasteiger partial charge in [-0.25, -0.2) is 0 Å². The van der Waals surface area contributed by atoms with Gasteiger partial charge in [0.1, 0.15) is 0 Å². The van der Waals surface area contributed by atoms with Crippen molar-refractivity contribution in [2.45, 2.75) is 12.5 Å². The summed E-state index contributed by atoms with van der Waals surface area (Å²) in [6.45, 7) is -0.383. The Morgan fingerprint density at radius 1 is 1.64 bits per heavy atom. The smallest absolute Gasteiger partial charge is 0.0950 e. The third kappa shape index (κ3) is 2.91. The third-order valence-electron chi connectivity index (χ3n) is 1.39. The molecule has 0 aliphatic rings. The molecule has 0 aliphatic heterocycles. The lowest BCUT2D eigenvalue weighted by Gasteiger charge is -2.03. The highest BCUT2D eigenvalue weighted by atomic mass is 35.5. The van der Waals surface area contributed by atoms with Crippen LogP contribution in [0.2, 0.25) is 0 Å². The Labute approximate surface area is 71.0 Å². The van der Waals surface area contributed by atoms with E-state index in [9.17, 15) is 4.39 Å². The fourth-order valence-electron chi connectivity index (χ4n) is 0.770. The van der Waals surface area contributed by atoms with Gasteiger partial charge in [-0.15, -0.1) is 12.4 Å². The van der Waals surface area contributed by atoms with Crippen LogP contribution in [0.5, 0.6) is 0 Å². The van der Waals surface area contributed by atoms with Crippen molar-refractivity contribution in [1.82, 2.24) is 0 Å². The fourth-order valence-corrected chi connectivity index (χ4v) is 0.770. The van der Waals surface area contributed by atoms with E-state index in [4.69, 9.17) is 10.2 Å². The zero-order chi connectivity index (χ0) is 7.40. The van der Waals surface area contributed by atoms with Gasteiger partial charge < -0.3 is 10.2 Å². The van der Waals surface area contributed by atoms with E-state index in [1.165, 1.54) is 6.26 Å². The molecule has 0 bridgehead atoms. The summed E-state index contributed by atoms with van der Waals surface area (Å²) >= 11 is 0. The molecule has 0 radical (unpaired) electrons. The minimum Gasteiger partial charge on any atom is -0.472 e. The number of alkyl halides is 1. The molecule has 4 heteroatoms. The van der Waals surface area contributed by atoms with Gasteiger partial charge in [0.05, 0.1) is 19.2 Å². The van der Waals surface area contributed by atoms with Crippen molar-refractivity contribution in [3.63, 3.8) is 0 Å². The molecule has 1 rings (SSSR count). The predicted octanol–water partition coefficient (Wildman–Crippen LogP) is 2.06. The topological polar surface area (TPSA) is 39.2 Å². The number of hydrogen-bond acceptors (Lipinski definition) is 2. The summed E-state index contributed by atoms with van der Waals surface area (Å²) in [4.78, 5) is 0. The van der Waals surface area contributed by atoms with Gasteiger partial charge in [0.25, 0.3) is 0 Å². The quantitative estimate of drug-likeness (QED) is 0.772. The molecule has 0 unspecified atom stereocenters. The molecule has 0 aromatic carbocycles. The maximum Gasteiger partial charge on any atom is 0.0950 e. The van der Waals surface area contributed by atoms with E-state index in [1.54, 1.807) is 12.3 Å². The van der Waals surface area contributed by atoms with Crippen LogP contribution in [0.1, 0.15) is 18.0 Å². The molecule has 0 aliphatic carbocycles. The molecule has 1 atom stereocenters. The Balaban J connectivity index is 0.000001000. The average molecular weight is 180 g/mol. The van der Waals surface area contributed by atoms with E-state index in [-0.39, 0.29) is 25.1 Å². The normalized spacial score (nSPS) is 12.2. The third-order valence-corrected chi connectivity index (χ3v) is 1.39. The maximum absolute atomic E-state index is 11.7. The van der Waals surface area contributed by atoms with Crippen LogP contribution in [0.3, 0.4) is 0 Å². The Morgan fingerprint density at radius 3 is 2.82 bits per heavy atom. The first kappa shape index (κ1) is 10.5. The van der Waals surface area contributed by atoms with Gasteiger partial charge in [-0.05, 0) is 12.5 Å². The molecule has 11 heavy (non-hydrogen) atoms. The summed E-state index contributed by atoms with van der Waals surface area (Å²) in [5.74, 6) is 0. The Morgan fingerprint density at radius 2 is 2.36 bits per heavy atom. The van der Waals surface area contributed by atoms with Gasteiger partial charge >= 0.3 is 0 Å². The number of halogens is 2. The van der Waals surface area contributed by atoms with Crippen molar-refractivity contribution in [2.24, 2.45) is 5.73 Å². The van der Waals surface area contributed by atoms with E-state index in [0.29, 0.717) is 6.42 Å². The second-order valence-electron chi connectivity index (χ2n) is 2.14. The first-order valence-corrected chi connectivity index (χ1v) is 3.18. The molecular formula is C7H11ClFNO. The van der Waals surface area contributed by atoms with Gasteiger partial charge in [-0.3, -0.25) is 4.39 Å². The van der Waals surface area contributed by atoms with Crippen molar-refractivity contribution in [3.05, 3.63) is 24.2 Å². The lowest BCUT2D eigenvalue weighted by atomic mass is 10.1. The lowest BCUT2D eigenvalue weighted by molar-refractivity contribution is 0.440. The fraction of sp³-hybridized carbons (Fsp3) is 0.429. The van der Waals surface area contributed by atoms with Crippen LogP contribution in [0, 0.1) is 0 Å². The minimum absolute atomic E-state index is 0. The first-order valence-electron chi connectivity index (χ1n) is 3.18. The molecule has 0 fully saturated rings. The summed E-state index contributed by atoms with van der Waals surface area (Å²) in [6, 6.07) is 1.53. The monoisotopic (exact) mass is 179 g/mol. The molecule has 1 aromatic rings. The van der Waals surface area contributed by atoms with E-state index >= 15 is 0 Å². The Bertz CT molecular complexity index is 179. The molecular weight excluding hydrogens is 169 g/mol. The minimum atomic E-state index is -0.383. The van der Waals surface area contributed by atoms with Crippen molar-refractivity contribution in [3.8, 4) is 0 Å². The second-order valence-corrected chi connectivity index (χ2v) is 2.14. The van der Waals surface area contributed by atoms with Crippen molar-refractivity contribution in [1.29, 1.82) is 0 Å². The number of nitrogens with two attached hydrogens (primary N) is 1. The Kier molecular flexibility index (Phi) is 4.90. The first-order chi connectivity index (χ1) is 4.84. The van der Waals surface area contributed by atoms with Crippen LogP contribution in [-0.4, -0.2) is 6.67 Å². The van der Waals surface area contributed by atoms with E-state index in [1.807, 2.05) is 0 Å². The summed E-state index contributed by atoms with van der Waals surface area (Å²) < 4.78 is 16.5. The predicted molar refractivity (Wildman–Crippen MR) is 43.5 cm³/mol. The van der Waals surface area contributed by atoms with Crippen molar-refractivity contribution in [2.75, 3.05) is 6.67 Å². The highest BCUT2D eigenvalue weighted by Gasteiger charge is 2.05. The number of furan rings is 1. The van der Waals surface area contributed by atoms with Gasteiger partial charge in [-0.2, -0.15) is 0 Å². The average Bonchev–Trinajstić information content (AvgIpc) is 2.38. The van der Waals surface area contributed by atoms with Gasteiger partial charge in [0.2, 0.25) is 0 Å². The van der Waals surface area contributed by atoms with Crippen LogP contribution in [-0.2, 0) is 0 Å². The van der Waals surface area contributed by atoms with E-state index in [2.05, 4.69) is 0 Å². The lowest BCUT2D eigenvalue weighted by Crippen LogP contribution is -2.09. The molecule has 0 saturated heterocycles. The zero-order valence-electron chi connectivity index (χ0n) is 6.00. The highest BCUT2D eigenvalue weighted by molar-refractivity contribution is 5.85. The van der Waals surface area contributed by atoms with Crippen LogP contribution in [0.4, 0.5) is 4.39 Å². The van der Waals surface area contributed by atoms with Crippen LogP contribution in [0.25, 0.3) is 0 Å². The van der Waals surface area contributed by atoms with Gasteiger partial charge in [0.15, 0.2) is 0 Å². The molecule has 0 saturated carbocycles. The number of hydrogen-bond donors (Lipinski definition) is 1. The molecule has 0 spiro atoms. The largest absolute Gasteiger partial charge is 0.472 e. The molecule has 0 amide bonds. The van der Waals surface area contributed by atoms with Crippen LogP contribution < -0.4 is 5.73 Å². The molecule has 1 aromatic heterocycles. The van der Waals surface area contributed by atoms with Crippen LogP contribution in [0.15, 0.2) is 23.0 Å². The Hall–Kier alpha value is -0.540. The molecule has 2 nitrogen and oxygen atoms in total. The standard InChI is InChI=1S/C7H10FNO.ClH/c8-3-1-7(9)6-2-4-10-5-6;/h2,4-5,7H,1,3,9H2;1H/t7-;/m0./s1. The van der Waals surface area contributed by atoms with Crippen LogP contribution >= 0.6 is 12.4 Å². The molecule has 2 N–H and O–H groups in total. The highest BCUT2D eigenvalue weighted by Crippen LogP contribution is 2.13. The summed E-state index contributed by atoms with van der Waals surface area (Å²) in [5.41, 5.74) is 6.41. The number of rotatable bonds is 3. The van der Waals surface area contributed by atoms with E-state index in [0.717, 1.165) is 5.56 Å². The van der Waals surface area contributed by atoms with Crippen molar-refractivity contribution < 1.29 is 8.81 Å². The second kappa shape index (κ2) is 5.16. The SMILES string of the molecule is Cl.N[C@@H](CCF)c1ccoc1. The maximum atomic E-state index is 11.7.